The largest absolute Gasteiger partial charge is 0.334 e. The zero-order valence-corrected chi connectivity index (χ0v) is 16.9. The predicted molar refractivity (Wildman–Crippen MR) is 113 cm³/mol. The van der Waals surface area contributed by atoms with E-state index in [9.17, 15) is 0 Å². The number of nitrogens with two attached hydrogens (primary N) is 1. The summed E-state index contributed by atoms with van der Waals surface area (Å²) in [7, 11) is 2.18. The minimum atomic E-state index is 0. The van der Waals surface area contributed by atoms with Crippen LogP contribution in [-0.2, 0) is 13.1 Å². The highest BCUT2D eigenvalue weighted by molar-refractivity contribution is 5.85. The quantitative estimate of drug-likeness (QED) is 0.711. The van der Waals surface area contributed by atoms with Crippen LogP contribution in [0.3, 0.4) is 0 Å². The Bertz CT molecular complexity index is 888. The molecule has 148 valence electrons. The van der Waals surface area contributed by atoms with Crippen molar-refractivity contribution in [1.82, 2.24) is 19.9 Å². The zero-order valence-electron chi connectivity index (χ0n) is 16.0. The second-order valence-electron chi connectivity index (χ2n) is 7.10. The van der Waals surface area contributed by atoms with Crippen molar-refractivity contribution in [3.05, 3.63) is 59.7 Å². The molecule has 4 rings (SSSR count). The van der Waals surface area contributed by atoms with Crippen LogP contribution in [0, 0.1) is 0 Å². The van der Waals surface area contributed by atoms with Crippen molar-refractivity contribution >= 4 is 12.4 Å². The Morgan fingerprint density at radius 2 is 1.71 bits per heavy atom. The van der Waals surface area contributed by atoms with Crippen molar-refractivity contribution in [2.75, 3.05) is 33.2 Å². The highest BCUT2D eigenvalue weighted by Gasteiger charge is 2.15. The third-order valence-electron chi connectivity index (χ3n) is 5.05. The first-order valence-corrected chi connectivity index (χ1v) is 9.34. The second kappa shape index (κ2) is 9.30. The van der Waals surface area contributed by atoms with Gasteiger partial charge in [-0.25, -0.2) is 0 Å². The van der Waals surface area contributed by atoms with E-state index in [2.05, 4.69) is 45.2 Å². The summed E-state index contributed by atoms with van der Waals surface area (Å²) in [5.41, 5.74) is 9.89. The van der Waals surface area contributed by atoms with Crippen molar-refractivity contribution < 1.29 is 4.52 Å². The molecule has 0 aliphatic carbocycles. The topological polar surface area (TPSA) is 71.4 Å². The molecule has 0 spiro atoms. The summed E-state index contributed by atoms with van der Waals surface area (Å²) in [4.78, 5) is 9.43. The van der Waals surface area contributed by atoms with Gasteiger partial charge < -0.3 is 15.2 Å². The lowest BCUT2D eigenvalue weighted by atomic mass is 10.1. The molecular weight excluding hydrogens is 374 g/mol. The maximum absolute atomic E-state index is 5.65. The smallest absolute Gasteiger partial charge is 0.258 e. The predicted octanol–water partition coefficient (Wildman–Crippen LogP) is 3.03. The molecule has 0 bridgehead atoms. The van der Waals surface area contributed by atoms with E-state index in [4.69, 9.17) is 10.3 Å². The van der Waals surface area contributed by atoms with Crippen molar-refractivity contribution in [1.29, 1.82) is 0 Å². The summed E-state index contributed by atoms with van der Waals surface area (Å²) in [6, 6.07) is 16.3. The van der Waals surface area contributed by atoms with E-state index < -0.39 is 0 Å². The number of aromatic nitrogens is 2. The molecule has 0 saturated carbocycles. The molecule has 0 amide bonds. The fourth-order valence-electron chi connectivity index (χ4n) is 3.31. The SMILES string of the molecule is CN1CCN(Cc2cccc(-c3nc(-c4ccc(CN)cc4)no3)c2)CC1.Cl. The van der Waals surface area contributed by atoms with Gasteiger partial charge in [-0.15, -0.1) is 12.4 Å². The van der Waals surface area contributed by atoms with Gasteiger partial charge in [0.2, 0.25) is 5.82 Å². The number of hydrogen-bond donors (Lipinski definition) is 1. The molecule has 1 aliphatic rings. The van der Waals surface area contributed by atoms with Crippen LogP contribution < -0.4 is 5.73 Å². The number of hydrogen-bond acceptors (Lipinski definition) is 6. The zero-order chi connectivity index (χ0) is 18.6. The summed E-state index contributed by atoms with van der Waals surface area (Å²) >= 11 is 0. The lowest BCUT2D eigenvalue weighted by Crippen LogP contribution is -2.43. The molecular formula is C21H26ClN5O. The normalized spacial score (nSPS) is 15.4. The maximum Gasteiger partial charge on any atom is 0.258 e. The number of halogens is 1. The maximum atomic E-state index is 5.65. The Morgan fingerprint density at radius 3 is 2.43 bits per heavy atom. The fraction of sp³-hybridized carbons (Fsp3) is 0.333. The Hall–Kier alpha value is -2.25. The molecule has 1 aromatic heterocycles. The van der Waals surface area contributed by atoms with Crippen molar-refractivity contribution in [2.45, 2.75) is 13.1 Å². The van der Waals surface area contributed by atoms with E-state index in [1.807, 2.05) is 30.3 Å². The van der Waals surface area contributed by atoms with Gasteiger partial charge in [-0.1, -0.05) is 41.6 Å². The molecule has 2 N–H and O–H groups in total. The van der Waals surface area contributed by atoms with Crippen molar-refractivity contribution in [3.63, 3.8) is 0 Å². The van der Waals surface area contributed by atoms with Crippen molar-refractivity contribution in [3.8, 4) is 22.8 Å². The van der Waals surface area contributed by atoms with Gasteiger partial charge in [0, 0.05) is 50.4 Å². The summed E-state index contributed by atoms with van der Waals surface area (Å²) in [6.07, 6.45) is 0. The van der Waals surface area contributed by atoms with E-state index in [0.717, 1.165) is 49.4 Å². The minimum Gasteiger partial charge on any atom is -0.334 e. The summed E-state index contributed by atoms with van der Waals surface area (Å²) in [5.74, 6) is 1.14. The van der Waals surface area contributed by atoms with Crippen LogP contribution in [0.5, 0.6) is 0 Å². The van der Waals surface area contributed by atoms with Crippen LogP contribution in [-0.4, -0.2) is 53.2 Å². The van der Waals surface area contributed by atoms with Crippen LogP contribution in [0.15, 0.2) is 53.1 Å². The number of benzene rings is 2. The van der Waals surface area contributed by atoms with E-state index in [1.54, 1.807) is 0 Å². The first-order chi connectivity index (χ1) is 13.2. The second-order valence-corrected chi connectivity index (χ2v) is 7.10. The van der Waals surface area contributed by atoms with Gasteiger partial charge in [0.25, 0.3) is 5.89 Å². The van der Waals surface area contributed by atoms with Gasteiger partial charge in [0.05, 0.1) is 0 Å². The molecule has 0 atom stereocenters. The molecule has 1 aliphatic heterocycles. The lowest BCUT2D eigenvalue weighted by Gasteiger charge is -2.32. The van der Waals surface area contributed by atoms with Gasteiger partial charge in [-0.2, -0.15) is 4.98 Å². The standard InChI is InChI=1S/C21H25N5O.ClH/c1-25-9-11-26(12-10-25)15-17-3-2-4-19(13-17)21-23-20(24-27-21)18-7-5-16(14-22)6-8-18;/h2-8,13H,9-12,14-15,22H2,1H3;1H. The first-order valence-electron chi connectivity index (χ1n) is 9.34. The Balaban J connectivity index is 0.00000225. The van der Waals surface area contributed by atoms with Gasteiger partial charge >= 0.3 is 0 Å². The third-order valence-corrected chi connectivity index (χ3v) is 5.05. The molecule has 3 aromatic rings. The highest BCUT2D eigenvalue weighted by Crippen LogP contribution is 2.23. The molecule has 7 heteroatoms. The number of rotatable bonds is 5. The highest BCUT2D eigenvalue weighted by atomic mass is 35.5. The monoisotopic (exact) mass is 399 g/mol. The minimum absolute atomic E-state index is 0. The van der Waals surface area contributed by atoms with Gasteiger partial charge in [0.1, 0.15) is 0 Å². The van der Waals surface area contributed by atoms with E-state index in [0.29, 0.717) is 18.3 Å². The lowest BCUT2D eigenvalue weighted by molar-refractivity contribution is 0.148. The molecule has 1 fully saturated rings. The van der Waals surface area contributed by atoms with Gasteiger partial charge in [-0.3, -0.25) is 4.90 Å². The van der Waals surface area contributed by atoms with Crippen molar-refractivity contribution in [2.24, 2.45) is 5.73 Å². The van der Waals surface area contributed by atoms with E-state index in [-0.39, 0.29) is 12.4 Å². The summed E-state index contributed by atoms with van der Waals surface area (Å²) < 4.78 is 5.51. The molecule has 0 unspecified atom stereocenters. The molecule has 2 aromatic carbocycles. The summed E-state index contributed by atoms with van der Waals surface area (Å²) in [5, 5.41) is 4.14. The third kappa shape index (κ3) is 4.77. The summed E-state index contributed by atoms with van der Waals surface area (Å²) in [6.45, 7) is 5.92. The van der Waals surface area contributed by atoms with Crippen LogP contribution in [0.4, 0.5) is 0 Å². The van der Waals surface area contributed by atoms with Crippen LogP contribution in [0.1, 0.15) is 11.1 Å². The Labute approximate surface area is 171 Å². The first kappa shape index (κ1) is 20.5. The van der Waals surface area contributed by atoms with Crippen LogP contribution >= 0.6 is 12.4 Å². The Kier molecular flexibility index (Phi) is 6.80. The number of piperazine rings is 1. The molecule has 0 radical (unpaired) electrons. The number of likely N-dealkylation sites (N-methyl/N-ethyl adjacent to an activating group) is 1. The van der Waals surface area contributed by atoms with Crippen LogP contribution in [0.25, 0.3) is 22.8 Å². The molecule has 6 nitrogen and oxygen atoms in total. The van der Waals surface area contributed by atoms with Crippen LogP contribution in [0.2, 0.25) is 0 Å². The van der Waals surface area contributed by atoms with E-state index in [1.165, 1.54) is 5.56 Å². The Morgan fingerprint density at radius 1 is 0.964 bits per heavy atom. The molecule has 28 heavy (non-hydrogen) atoms. The average molecular weight is 400 g/mol. The average Bonchev–Trinajstić information content (AvgIpc) is 3.20. The molecule has 2 heterocycles. The fourth-order valence-corrected chi connectivity index (χ4v) is 3.31. The molecule has 1 saturated heterocycles. The van der Waals surface area contributed by atoms with E-state index >= 15 is 0 Å². The van der Waals surface area contributed by atoms with Gasteiger partial charge in [0.15, 0.2) is 0 Å². The van der Waals surface area contributed by atoms with Gasteiger partial charge in [-0.05, 0) is 30.3 Å². The number of nitrogens with zero attached hydrogens (tertiary/aromatic N) is 4.